The minimum Gasteiger partial charge on any atom is -0.497 e. The SMILES string of the molecule is COC(=O)c1cc(OC)cc[n+]1Cc1ccc(OC)cc1. The molecule has 0 radical (unpaired) electrons. The van der Waals surface area contributed by atoms with E-state index in [4.69, 9.17) is 14.2 Å². The molecule has 0 N–H and O–H groups in total. The Morgan fingerprint density at radius 3 is 2.24 bits per heavy atom. The summed E-state index contributed by atoms with van der Waals surface area (Å²) in [4.78, 5) is 11.9. The van der Waals surface area contributed by atoms with Crippen LogP contribution in [0.4, 0.5) is 0 Å². The number of rotatable bonds is 5. The molecule has 5 nitrogen and oxygen atoms in total. The Hall–Kier alpha value is -2.56. The lowest BCUT2D eigenvalue weighted by Crippen LogP contribution is -2.41. The van der Waals surface area contributed by atoms with Crippen molar-refractivity contribution in [2.75, 3.05) is 21.3 Å². The summed E-state index contributed by atoms with van der Waals surface area (Å²) in [5.74, 6) is 1.01. The third-order valence-corrected chi connectivity index (χ3v) is 3.15. The van der Waals surface area contributed by atoms with Crippen LogP contribution in [0.3, 0.4) is 0 Å². The molecule has 0 aliphatic rings. The van der Waals surface area contributed by atoms with Gasteiger partial charge in [-0.1, -0.05) is 0 Å². The summed E-state index contributed by atoms with van der Waals surface area (Å²) in [6, 6.07) is 11.1. The lowest BCUT2D eigenvalue weighted by Gasteiger charge is -2.06. The van der Waals surface area contributed by atoms with Gasteiger partial charge in [-0.15, -0.1) is 0 Å². The zero-order valence-corrected chi connectivity index (χ0v) is 12.3. The highest BCUT2D eigenvalue weighted by atomic mass is 16.5. The number of nitrogens with zero attached hydrogens (tertiary/aromatic N) is 1. The van der Waals surface area contributed by atoms with Crippen molar-refractivity contribution >= 4 is 5.97 Å². The van der Waals surface area contributed by atoms with Crippen LogP contribution in [0.15, 0.2) is 42.6 Å². The molecule has 0 bridgehead atoms. The number of pyridine rings is 1. The van der Waals surface area contributed by atoms with E-state index in [0.717, 1.165) is 11.3 Å². The fourth-order valence-corrected chi connectivity index (χ4v) is 1.98. The molecule has 1 aromatic carbocycles. The minimum atomic E-state index is -0.401. The van der Waals surface area contributed by atoms with E-state index in [1.54, 1.807) is 32.5 Å². The van der Waals surface area contributed by atoms with Crippen molar-refractivity contribution in [1.29, 1.82) is 0 Å². The average Bonchev–Trinajstić information content (AvgIpc) is 2.55. The molecule has 0 aliphatic heterocycles. The zero-order valence-electron chi connectivity index (χ0n) is 12.3. The predicted octanol–water partition coefficient (Wildman–Crippen LogP) is 1.83. The van der Waals surface area contributed by atoms with Crippen molar-refractivity contribution in [3.05, 3.63) is 53.9 Å². The molecule has 0 saturated carbocycles. The van der Waals surface area contributed by atoms with E-state index in [0.29, 0.717) is 18.0 Å². The summed E-state index contributed by atoms with van der Waals surface area (Å²) in [6.45, 7) is 0.554. The van der Waals surface area contributed by atoms with Gasteiger partial charge in [-0.05, 0) is 24.3 Å². The Kier molecular flexibility index (Phi) is 4.77. The molecule has 0 aliphatic carbocycles. The van der Waals surface area contributed by atoms with Gasteiger partial charge in [0.25, 0.3) is 5.69 Å². The first-order valence-corrected chi connectivity index (χ1v) is 6.46. The first-order valence-electron chi connectivity index (χ1n) is 6.46. The van der Waals surface area contributed by atoms with Gasteiger partial charge in [0.05, 0.1) is 27.4 Å². The van der Waals surface area contributed by atoms with E-state index in [-0.39, 0.29) is 0 Å². The lowest BCUT2D eigenvalue weighted by atomic mass is 10.2. The Bertz CT molecular complexity index is 623. The van der Waals surface area contributed by atoms with Crippen molar-refractivity contribution in [1.82, 2.24) is 0 Å². The number of hydrogen-bond acceptors (Lipinski definition) is 4. The molecule has 0 saturated heterocycles. The monoisotopic (exact) mass is 288 g/mol. The normalized spacial score (nSPS) is 10.0. The van der Waals surface area contributed by atoms with Crippen LogP contribution >= 0.6 is 0 Å². The van der Waals surface area contributed by atoms with Gasteiger partial charge in [-0.2, -0.15) is 4.57 Å². The second-order valence-electron chi connectivity index (χ2n) is 4.42. The average molecular weight is 288 g/mol. The third kappa shape index (κ3) is 3.51. The van der Waals surface area contributed by atoms with Crippen molar-refractivity contribution in [2.45, 2.75) is 6.54 Å². The molecule has 2 rings (SSSR count). The smallest absolute Gasteiger partial charge is 0.403 e. The topological polar surface area (TPSA) is 48.6 Å². The number of carbonyl (C=O) groups excluding carboxylic acids is 1. The van der Waals surface area contributed by atoms with Gasteiger partial charge in [0.2, 0.25) is 0 Å². The molecule has 1 heterocycles. The standard InChI is InChI=1S/C16H18NO4/c1-19-13-6-4-12(5-7-13)11-17-9-8-14(20-2)10-15(17)16(18)21-3/h4-10H,11H2,1-3H3/q+1. The first kappa shape index (κ1) is 14.8. The molecule has 2 aromatic rings. The highest BCUT2D eigenvalue weighted by Gasteiger charge is 2.21. The summed E-state index contributed by atoms with van der Waals surface area (Å²) in [7, 11) is 4.55. The first-order chi connectivity index (χ1) is 10.2. The van der Waals surface area contributed by atoms with Crippen LogP contribution in [0.2, 0.25) is 0 Å². The molecule has 21 heavy (non-hydrogen) atoms. The van der Waals surface area contributed by atoms with Gasteiger partial charge in [-0.25, -0.2) is 4.79 Å². The largest absolute Gasteiger partial charge is 0.497 e. The highest BCUT2D eigenvalue weighted by molar-refractivity contribution is 5.85. The van der Waals surface area contributed by atoms with Crippen LogP contribution in [0, 0.1) is 0 Å². The molecular weight excluding hydrogens is 270 g/mol. The molecule has 0 amide bonds. The van der Waals surface area contributed by atoms with E-state index in [9.17, 15) is 4.79 Å². The number of benzene rings is 1. The van der Waals surface area contributed by atoms with Crippen molar-refractivity contribution < 1.29 is 23.6 Å². The molecule has 110 valence electrons. The summed E-state index contributed by atoms with van der Waals surface area (Å²) in [5.41, 5.74) is 1.49. The molecule has 5 heteroatoms. The molecule has 0 spiro atoms. The number of hydrogen-bond donors (Lipinski definition) is 0. The number of ether oxygens (including phenoxy) is 3. The number of methoxy groups -OCH3 is 3. The Morgan fingerprint density at radius 1 is 1.00 bits per heavy atom. The number of aromatic nitrogens is 1. The van der Waals surface area contributed by atoms with Gasteiger partial charge in [0, 0.05) is 11.6 Å². The maximum absolute atomic E-state index is 11.9. The third-order valence-electron chi connectivity index (χ3n) is 3.15. The van der Waals surface area contributed by atoms with Crippen molar-refractivity contribution in [3.8, 4) is 11.5 Å². The van der Waals surface area contributed by atoms with Crippen LogP contribution in [0.1, 0.15) is 16.1 Å². The predicted molar refractivity (Wildman–Crippen MR) is 76.6 cm³/mol. The summed E-state index contributed by atoms with van der Waals surface area (Å²) >= 11 is 0. The Balaban J connectivity index is 2.31. The Labute approximate surface area is 123 Å². The molecule has 0 unspecified atom stereocenters. The number of esters is 1. The Morgan fingerprint density at radius 2 is 1.67 bits per heavy atom. The summed E-state index contributed by atoms with van der Waals surface area (Å²) in [6.07, 6.45) is 1.80. The summed E-state index contributed by atoms with van der Waals surface area (Å²) < 4.78 is 16.9. The van der Waals surface area contributed by atoms with Gasteiger partial charge < -0.3 is 14.2 Å². The molecule has 0 atom stereocenters. The maximum atomic E-state index is 11.9. The van der Waals surface area contributed by atoms with Gasteiger partial charge in [0.1, 0.15) is 11.5 Å². The quantitative estimate of drug-likeness (QED) is 0.622. The molecule has 1 aromatic heterocycles. The van der Waals surface area contributed by atoms with Crippen LogP contribution in [0.5, 0.6) is 11.5 Å². The van der Waals surface area contributed by atoms with Gasteiger partial charge in [0.15, 0.2) is 12.7 Å². The van der Waals surface area contributed by atoms with E-state index in [1.165, 1.54) is 7.11 Å². The van der Waals surface area contributed by atoms with Crippen LogP contribution in [0.25, 0.3) is 0 Å². The van der Waals surface area contributed by atoms with Crippen molar-refractivity contribution in [2.24, 2.45) is 0 Å². The number of carbonyl (C=O) groups is 1. The van der Waals surface area contributed by atoms with E-state index < -0.39 is 5.97 Å². The highest BCUT2D eigenvalue weighted by Crippen LogP contribution is 2.13. The van der Waals surface area contributed by atoms with Crippen LogP contribution in [-0.4, -0.2) is 27.3 Å². The minimum absolute atomic E-state index is 0.401. The van der Waals surface area contributed by atoms with E-state index in [2.05, 4.69) is 0 Å². The van der Waals surface area contributed by atoms with E-state index in [1.807, 2.05) is 28.8 Å². The fourth-order valence-electron chi connectivity index (χ4n) is 1.98. The second-order valence-corrected chi connectivity index (χ2v) is 4.42. The van der Waals surface area contributed by atoms with Crippen LogP contribution in [-0.2, 0) is 11.3 Å². The maximum Gasteiger partial charge on any atom is 0.403 e. The second kappa shape index (κ2) is 6.74. The summed E-state index contributed by atoms with van der Waals surface area (Å²) in [5, 5.41) is 0. The molecular formula is C16H18NO4+. The fraction of sp³-hybridized carbons (Fsp3) is 0.250. The zero-order chi connectivity index (χ0) is 15.2. The van der Waals surface area contributed by atoms with E-state index >= 15 is 0 Å². The van der Waals surface area contributed by atoms with Gasteiger partial charge in [-0.3, -0.25) is 0 Å². The van der Waals surface area contributed by atoms with Gasteiger partial charge >= 0.3 is 5.97 Å². The molecule has 0 fully saturated rings. The van der Waals surface area contributed by atoms with Crippen molar-refractivity contribution in [3.63, 3.8) is 0 Å². The lowest BCUT2D eigenvalue weighted by molar-refractivity contribution is -0.690. The van der Waals surface area contributed by atoms with Crippen LogP contribution < -0.4 is 14.0 Å².